The van der Waals surface area contributed by atoms with Gasteiger partial charge < -0.3 is 5.73 Å². The van der Waals surface area contributed by atoms with Crippen molar-refractivity contribution in [1.82, 2.24) is 0 Å². The predicted molar refractivity (Wildman–Crippen MR) is 51.2 cm³/mol. The van der Waals surface area contributed by atoms with Crippen LogP contribution in [0.3, 0.4) is 0 Å². The molecule has 0 aliphatic heterocycles. The molecule has 1 unspecified atom stereocenters. The number of alkyl halides is 2. The number of hydrogen-bond donors (Lipinski definition) is 1. The summed E-state index contributed by atoms with van der Waals surface area (Å²) in [6.45, 7) is 1.30. The van der Waals surface area contributed by atoms with Gasteiger partial charge in [-0.2, -0.15) is 8.78 Å². The molecule has 2 N–H and O–H groups in total. The molecule has 4 heteroatoms. The van der Waals surface area contributed by atoms with E-state index in [4.69, 9.17) is 5.73 Å². The molecular weight excluding hydrogens is 196 g/mol. The number of hydrogen-bond acceptors (Lipinski definition) is 1. The summed E-state index contributed by atoms with van der Waals surface area (Å²) in [5.74, 6) is -2.93. The first-order valence-electron chi connectivity index (χ1n) is 3.74. The van der Waals surface area contributed by atoms with Gasteiger partial charge in [0.2, 0.25) is 0 Å². The predicted octanol–water partition coefficient (Wildman–Crippen LogP) is 2.55. The molecule has 1 nitrogen and oxygen atoms in total. The van der Waals surface area contributed by atoms with Crippen LogP contribution in [0, 0.1) is 0 Å². The van der Waals surface area contributed by atoms with E-state index in [1.165, 1.54) is 19.1 Å². The minimum absolute atomic E-state index is 0. The molecule has 0 fully saturated rings. The van der Waals surface area contributed by atoms with E-state index in [9.17, 15) is 8.78 Å². The monoisotopic (exact) mass is 207 g/mol. The van der Waals surface area contributed by atoms with Crippen LogP contribution in [0.5, 0.6) is 0 Å². The summed E-state index contributed by atoms with van der Waals surface area (Å²) in [6.07, 6.45) is 0. The Bertz CT molecular complexity index is 249. The molecule has 0 saturated carbocycles. The number of halogens is 3. The first-order valence-corrected chi connectivity index (χ1v) is 3.74. The molecule has 1 aromatic carbocycles. The summed E-state index contributed by atoms with van der Waals surface area (Å²) >= 11 is 0. The lowest BCUT2D eigenvalue weighted by Crippen LogP contribution is -2.35. The summed E-state index contributed by atoms with van der Waals surface area (Å²) < 4.78 is 26.3. The van der Waals surface area contributed by atoms with Gasteiger partial charge in [0.05, 0.1) is 6.04 Å². The molecule has 0 saturated heterocycles. The van der Waals surface area contributed by atoms with Gasteiger partial charge in [-0.3, -0.25) is 0 Å². The van der Waals surface area contributed by atoms with E-state index in [0.717, 1.165) is 0 Å². The number of rotatable bonds is 2. The van der Waals surface area contributed by atoms with Crippen molar-refractivity contribution in [3.8, 4) is 0 Å². The summed E-state index contributed by atoms with van der Waals surface area (Å²) in [5, 5.41) is 0. The molecule has 0 aromatic heterocycles. The van der Waals surface area contributed by atoms with E-state index in [1.807, 2.05) is 0 Å². The van der Waals surface area contributed by atoms with Crippen LogP contribution in [0.4, 0.5) is 8.78 Å². The topological polar surface area (TPSA) is 26.0 Å². The van der Waals surface area contributed by atoms with Crippen molar-refractivity contribution < 1.29 is 8.78 Å². The Kier molecular flexibility index (Phi) is 4.30. The maximum absolute atomic E-state index is 13.2. The molecule has 13 heavy (non-hydrogen) atoms. The second-order valence-corrected chi connectivity index (χ2v) is 2.78. The van der Waals surface area contributed by atoms with Gasteiger partial charge in [0.25, 0.3) is 5.92 Å². The summed E-state index contributed by atoms with van der Waals surface area (Å²) in [6, 6.07) is 6.45. The summed E-state index contributed by atoms with van der Waals surface area (Å²) in [5.41, 5.74) is 5.12. The molecule has 0 spiro atoms. The minimum atomic E-state index is -2.93. The van der Waals surface area contributed by atoms with Gasteiger partial charge in [-0.25, -0.2) is 0 Å². The Morgan fingerprint density at radius 2 is 1.69 bits per heavy atom. The summed E-state index contributed by atoms with van der Waals surface area (Å²) in [4.78, 5) is 0. The molecule has 0 radical (unpaired) electrons. The van der Waals surface area contributed by atoms with Gasteiger partial charge in [-0.15, -0.1) is 12.4 Å². The van der Waals surface area contributed by atoms with Crippen molar-refractivity contribution in [3.05, 3.63) is 35.9 Å². The molecule has 0 bridgehead atoms. The zero-order valence-corrected chi connectivity index (χ0v) is 8.02. The fourth-order valence-corrected chi connectivity index (χ4v) is 0.923. The van der Waals surface area contributed by atoms with Crippen LogP contribution in [0.2, 0.25) is 0 Å². The summed E-state index contributed by atoms with van der Waals surface area (Å²) in [7, 11) is 0. The van der Waals surface area contributed by atoms with Gasteiger partial charge in [-0.05, 0) is 6.92 Å². The fourth-order valence-electron chi connectivity index (χ4n) is 0.923. The maximum Gasteiger partial charge on any atom is 0.287 e. The van der Waals surface area contributed by atoms with Crippen LogP contribution in [0.25, 0.3) is 0 Å². The van der Waals surface area contributed by atoms with Crippen molar-refractivity contribution >= 4 is 12.4 Å². The van der Waals surface area contributed by atoms with Gasteiger partial charge in [-0.1, -0.05) is 30.3 Å². The van der Waals surface area contributed by atoms with Crippen LogP contribution in [0.15, 0.2) is 30.3 Å². The molecule has 74 valence electrons. The van der Waals surface area contributed by atoms with Gasteiger partial charge in [0.1, 0.15) is 0 Å². The third-order valence-corrected chi connectivity index (χ3v) is 1.73. The Balaban J connectivity index is 0.00000144. The fraction of sp³-hybridized carbons (Fsp3) is 0.333. The largest absolute Gasteiger partial charge is 0.323 e. The number of benzene rings is 1. The minimum Gasteiger partial charge on any atom is -0.323 e. The van der Waals surface area contributed by atoms with Crippen molar-refractivity contribution in [3.63, 3.8) is 0 Å². The van der Waals surface area contributed by atoms with Crippen LogP contribution in [-0.2, 0) is 5.92 Å². The van der Waals surface area contributed by atoms with E-state index < -0.39 is 12.0 Å². The van der Waals surface area contributed by atoms with Crippen LogP contribution < -0.4 is 5.73 Å². The molecule has 1 rings (SSSR count). The first kappa shape index (κ1) is 12.3. The number of nitrogens with two attached hydrogens (primary N) is 1. The highest BCUT2D eigenvalue weighted by atomic mass is 35.5. The highest BCUT2D eigenvalue weighted by Crippen LogP contribution is 2.29. The smallest absolute Gasteiger partial charge is 0.287 e. The molecular formula is C9H12ClF2N. The van der Waals surface area contributed by atoms with Gasteiger partial charge in [0.15, 0.2) is 0 Å². The molecule has 1 atom stereocenters. The maximum atomic E-state index is 13.2. The second-order valence-electron chi connectivity index (χ2n) is 2.78. The highest BCUT2D eigenvalue weighted by molar-refractivity contribution is 5.85. The quantitative estimate of drug-likeness (QED) is 0.793. The lowest BCUT2D eigenvalue weighted by atomic mass is 10.0. The standard InChI is InChI=1S/C9H11F2N.ClH/c1-7(12)9(10,11)8-5-3-2-4-6-8;/h2-7H,12H2,1H3;1H. The zero-order chi connectivity index (χ0) is 9.19. The van der Waals surface area contributed by atoms with Crippen molar-refractivity contribution in [2.45, 2.75) is 18.9 Å². The lowest BCUT2D eigenvalue weighted by molar-refractivity contribution is -0.0256. The highest BCUT2D eigenvalue weighted by Gasteiger charge is 2.35. The third kappa shape index (κ3) is 2.64. The Morgan fingerprint density at radius 3 is 2.08 bits per heavy atom. The average molecular weight is 208 g/mol. The normalized spacial score (nSPS) is 13.2. The Morgan fingerprint density at radius 1 is 1.23 bits per heavy atom. The molecule has 0 aliphatic rings. The Labute approximate surface area is 82.4 Å². The van der Waals surface area contributed by atoms with E-state index in [0.29, 0.717) is 0 Å². The lowest BCUT2D eigenvalue weighted by Gasteiger charge is -2.20. The van der Waals surface area contributed by atoms with Crippen LogP contribution >= 0.6 is 12.4 Å². The molecule has 0 amide bonds. The Hall–Kier alpha value is -0.670. The molecule has 0 heterocycles. The van der Waals surface area contributed by atoms with Crippen LogP contribution in [0.1, 0.15) is 12.5 Å². The van der Waals surface area contributed by atoms with Gasteiger partial charge >= 0.3 is 0 Å². The van der Waals surface area contributed by atoms with E-state index >= 15 is 0 Å². The van der Waals surface area contributed by atoms with Gasteiger partial charge in [0, 0.05) is 5.56 Å². The van der Waals surface area contributed by atoms with Crippen LogP contribution in [-0.4, -0.2) is 6.04 Å². The van der Waals surface area contributed by atoms with Crippen molar-refractivity contribution in [2.24, 2.45) is 5.73 Å². The zero-order valence-electron chi connectivity index (χ0n) is 7.21. The van der Waals surface area contributed by atoms with E-state index in [2.05, 4.69) is 0 Å². The van der Waals surface area contributed by atoms with E-state index in [1.54, 1.807) is 18.2 Å². The third-order valence-electron chi connectivity index (χ3n) is 1.73. The van der Waals surface area contributed by atoms with Crippen molar-refractivity contribution in [2.75, 3.05) is 0 Å². The average Bonchev–Trinajstić information content (AvgIpc) is 2.06. The second kappa shape index (κ2) is 4.53. The van der Waals surface area contributed by atoms with E-state index in [-0.39, 0.29) is 18.0 Å². The first-order chi connectivity index (χ1) is 5.55. The molecule has 0 aliphatic carbocycles. The van der Waals surface area contributed by atoms with Crippen molar-refractivity contribution in [1.29, 1.82) is 0 Å². The SMILES string of the molecule is CC(N)C(F)(F)c1ccccc1.Cl. The molecule has 1 aromatic rings.